The topological polar surface area (TPSA) is 128 Å². The van der Waals surface area contributed by atoms with E-state index < -0.39 is 23.4 Å². The average Bonchev–Trinajstić information content (AvgIpc) is 3.00. The summed E-state index contributed by atoms with van der Waals surface area (Å²) in [6.45, 7) is 1.28. The number of benzene rings is 2. The maximum Gasteiger partial charge on any atom is 0.279 e. The average molecular weight is 628 g/mol. The molecule has 0 aliphatic carbocycles. The van der Waals surface area contributed by atoms with Crippen molar-refractivity contribution in [1.82, 2.24) is 20.1 Å². The SMILES string of the molecule is COc1nc(-c2cccc(-c3cc(F)cc(NC(=O)c4ccnn(C)c4=O)c3Cl)c2Cl)ccc1CNC1CCOC[C@@H]1O. The number of anilines is 1. The molecular weight excluding hydrogens is 600 g/mol. The summed E-state index contributed by atoms with van der Waals surface area (Å²) < 4.78 is 26.7. The second kappa shape index (κ2) is 13.2. The van der Waals surface area contributed by atoms with Gasteiger partial charge in [-0.25, -0.2) is 14.1 Å². The van der Waals surface area contributed by atoms with Crippen molar-refractivity contribution in [1.29, 1.82) is 0 Å². The Morgan fingerprint density at radius 3 is 2.72 bits per heavy atom. The number of carbonyl (C=O) groups excluding carboxylic acids is 1. The number of ether oxygens (including phenoxy) is 2. The minimum Gasteiger partial charge on any atom is -0.481 e. The van der Waals surface area contributed by atoms with Gasteiger partial charge in [-0.3, -0.25) is 9.59 Å². The number of hydrogen-bond donors (Lipinski definition) is 3. The lowest BCUT2D eigenvalue weighted by molar-refractivity contribution is -0.0281. The summed E-state index contributed by atoms with van der Waals surface area (Å²) in [5.74, 6) is -1.06. The van der Waals surface area contributed by atoms with Crippen molar-refractivity contribution in [2.45, 2.75) is 25.1 Å². The fourth-order valence-corrected chi connectivity index (χ4v) is 5.40. The van der Waals surface area contributed by atoms with Gasteiger partial charge in [-0.15, -0.1) is 0 Å². The number of nitrogens with zero attached hydrogens (tertiary/aromatic N) is 3. The molecule has 1 fully saturated rings. The number of halogens is 3. The van der Waals surface area contributed by atoms with E-state index in [0.717, 1.165) is 16.3 Å². The number of carbonyl (C=O) groups is 1. The number of hydrogen-bond acceptors (Lipinski definition) is 8. The van der Waals surface area contributed by atoms with E-state index in [0.29, 0.717) is 42.3 Å². The Morgan fingerprint density at radius 2 is 1.95 bits per heavy atom. The van der Waals surface area contributed by atoms with Crippen LogP contribution in [0, 0.1) is 5.82 Å². The molecule has 4 aromatic rings. The minimum absolute atomic E-state index is 0.0296. The van der Waals surface area contributed by atoms with Crippen LogP contribution in [0.25, 0.3) is 22.4 Å². The zero-order chi connectivity index (χ0) is 30.7. The molecule has 1 aliphatic heterocycles. The van der Waals surface area contributed by atoms with Gasteiger partial charge in [-0.05, 0) is 30.7 Å². The summed E-state index contributed by atoms with van der Waals surface area (Å²) >= 11 is 13.5. The van der Waals surface area contributed by atoms with Gasteiger partial charge in [0.2, 0.25) is 5.88 Å². The fourth-order valence-electron chi connectivity index (χ4n) is 4.82. The Hall–Kier alpha value is -3.87. The summed E-state index contributed by atoms with van der Waals surface area (Å²) in [6, 6.07) is 12.2. The first-order valence-electron chi connectivity index (χ1n) is 13.3. The van der Waals surface area contributed by atoms with E-state index in [9.17, 15) is 19.1 Å². The molecule has 2 aromatic heterocycles. The highest BCUT2D eigenvalue weighted by Crippen LogP contribution is 2.42. The first-order valence-corrected chi connectivity index (χ1v) is 14.1. The number of amides is 1. The van der Waals surface area contributed by atoms with Crippen molar-refractivity contribution in [2.75, 3.05) is 25.6 Å². The lowest BCUT2D eigenvalue weighted by Gasteiger charge is -2.28. The van der Waals surface area contributed by atoms with Crippen molar-refractivity contribution in [2.24, 2.45) is 7.05 Å². The fraction of sp³-hybridized carbons (Fsp3) is 0.267. The Bertz CT molecular complexity index is 1730. The molecule has 2 atom stereocenters. The van der Waals surface area contributed by atoms with Crippen molar-refractivity contribution >= 4 is 34.8 Å². The second-order valence-corrected chi connectivity index (χ2v) is 10.6. The molecule has 5 rings (SSSR count). The maximum absolute atomic E-state index is 14.8. The lowest BCUT2D eigenvalue weighted by Crippen LogP contribution is -2.46. The number of aliphatic hydroxyl groups is 1. The van der Waals surface area contributed by atoms with Crippen molar-refractivity contribution in [3.05, 3.63) is 92.1 Å². The molecule has 1 unspecified atom stereocenters. The van der Waals surface area contributed by atoms with Gasteiger partial charge >= 0.3 is 0 Å². The predicted octanol–water partition coefficient (Wildman–Crippen LogP) is 4.46. The van der Waals surface area contributed by atoms with Gasteiger partial charge in [0.05, 0.1) is 41.2 Å². The third kappa shape index (κ3) is 6.56. The number of nitrogens with one attached hydrogen (secondary N) is 2. The molecule has 1 aliphatic rings. The number of aliphatic hydroxyl groups excluding tert-OH is 1. The van der Waals surface area contributed by atoms with Crippen LogP contribution in [0.4, 0.5) is 10.1 Å². The number of aromatic nitrogens is 3. The summed E-state index contributed by atoms with van der Waals surface area (Å²) in [5, 5.41) is 20.1. The quantitative estimate of drug-likeness (QED) is 0.261. The van der Waals surface area contributed by atoms with Gasteiger partial charge < -0.3 is 25.2 Å². The van der Waals surface area contributed by atoms with Gasteiger partial charge in [0.15, 0.2) is 0 Å². The normalized spacial score (nSPS) is 16.6. The number of aryl methyl sites for hydroxylation is 1. The summed E-state index contributed by atoms with van der Waals surface area (Å²) in [4.78, 5) is 29.8. The molecule has 224 valence electrons. The molecule has 1 saturated heterocycles. The highest BCUT2D eigenvalue weighted by atomic mass is 35.5. The van der Waals surface area contributed by atoms with Gasteiger partial charge in [-0.2, -0.15) is 5.10 Å². The number of methoxy groups -OCH3 is 1. The standard InChI is InChI=1S/C30H28Cl2FN5O5/c1-38-30(41)20(8-10-35-38)28(40)36-24-13-17(33)12-21(27(24)32)18-4-3-5-19(26(18)31)22-7-6-16(29(37-22)42-2)14-34-23-9-11-43-15-25(23)39/h3-8,10,12-13,23,25,34,39H,9,11,14-15H2,1-2H3,(H,36,40)/t23?,25-/m0/s1. The van der Waals surface area contributed by atoms with Crippen LogP contribution >= 0.6 is 23.2 Å². The molecule has 0 radical (unpaired) electrons. The van der Waals surface area contributed by atoms with Gasteiger partial charge in [-0.1, -0.05) is 47.5 Å². The largest absolute Gasteiger partial charge is 0.481 e. The van der Waals surface area contributed by atoms with E-state index in [-0.39, 0.29) is 39.5 Å². The zero-order valence-electron chi connectivity index (χ0n) is 23.2. The zero-order valence-corrected chi connectivity index (χ0v) is 24.7. The van der Waals surface area contributed by atoms with Gasteiger partial charge in [0.1, 0.15) is 11.4 Å². The molecule has 10 nitrogen and oxygen atoms in total. The van der Waals surface area contributed by atoms with Crippen molar-refractivity contribution < 1.29 is 23.8 Å². The van der Waals surface area contributed by atoms with Crippen LogP contribution in [0.1, 0.15) is 22.3 Å². The Labute approximate surface area is 256 Å². The predicted molar refractivity (Wildman–Crippen MR) is 161 cm³/mol. The molecule has 13 heteroatoms. The molecule has 0 spiro atoms. The van der Waals surface area contributed by atoms with E-state index in [1.807, 2.05) is 6.07 Å². The molecule has 0 bridgehead atoms. The van der Waals surface area contributed by atoms with E-state index in [1.165, 1.54) is 32.5 Å². The van der Waals surface area contributed by atoms with Crippen LogP contribution in [0.15, 0.2) is 59.5 Å². The summed E-state index contributed by atoms with van der Waals surface area (Å²) in [7, 11) is 2.93. The van der Waals surface area contributed by atoms with Crippen molar-refractivity contribution in [3.8, 4) is 28.3 Å². The first kappa shape index (κ1) is 30.6. The summed E-state index contributed by atoms with van der Waals surface area (Å²) in [6.07, 6.45) is 1.40. The lowest BCUT2D eigenvalue weighted by atomic mass is 10.00. The minimum atomic E-state index is -0.765. The number of pyridine rings is 1. The van der Waals surface area contributed by atoms with Crippen molar-refractivity contribution in [3.63, 3.8) is 0 Å². The third-order valence-corrected chi connectivity index (χ3v) is 7.93. The van der Waals surface area contributed by atoms with Crippen LogP contribution in [-0.4, -0.2) is 58.2 Å². The van der Waals surface area contributed by atoms with E-state index in [1.54, 1.807) is 24.3 Å². The van der Waals surface area contributed by atoms with E-state index in [2.05, 4.69) is 20.7 Å². The molecule has 3 N–H and O–H groups in total. The maximum atomic E-state index is 14.8. The molecule has 2 aromatic carbocycles. The van der Waals surface area contributed by atoms with Gasteiger partial charge in [0, 0.05) is 54.7 Å². The van der Waals surface area contributed by atoms with Crippen LogP contribution in [-0.2, 0) is 18.3 Å². The second-order valence-electron chi connectivity index (χ2n) is 9.89. The van der Waals surface area contributed by atoms with Crippen LogP contribution in [0.3, 0.4) is 0 Å². The highest BCUT2D eigenvalue weighted by molar-refractivity contribution is 6.39. The molecule has 1 amide bonds. The Morgan fingerprint density at radius 1 is 1.16 bits per heavy atom. The molecule has 3 heterocycles. The van der Waals surface area contributed by atoms with Crippen LogP contribution in [0.5, 0.6) is 5.88 Å². The smallest absolute Gasteiger partial charge is 0.279 e. The van der Waals surface area contributed by atoms with Crippen LogP contribution < -0.4 is 20.9 Å². The van der Waals surface area contributed by atoms with E-state index in [4.69, 9.17) is 32.7 Å². The Kier molecular flexibility index (Phi) is 9.38. The Balaban J connectivity index is 1.44. The highest BCUT2D eigenvalue weighted by Gasteiger charge is 2.24. The monoisotopic (exact) mass is 627 g/mol. The summed E-state index contributed by atoms with van der Waals surface area (Å²) in [5.41, 5.74) is 1.64. The molecule has 0 saturated carbocycles. The molecular formula is C30H28Cl2FN5O5. The third-order valence-electron chi connectivity index (χ3n) is 7.11. The first-order chi connectivity index (χ1) is 20.7. The van der Waals surface area contributed by atoms with E-state index >= 15 is 0 Å². The van der Waals surface area contributed by atoms with Crippen LogP contribution in [0.2, 0.25) is 10.0 Å². The number of rotatable bonds is 8. The molecule has 43 heavy (non-hydrogen) atoms. The van der Waals surface area contributed by atoms with Gasteiger partial charge in [0.25, 0.3) is 11.5 Å².